The van der Waals surface area contributed by atoms with E-state index >= 15 is 0 Å². The fourth-order valence-corrected chi connectivity index (χ4v) is 2.33. The first-order valence-corrected chi connectivity index (χ1v) is 6.12. The van der Waals surface area contributed by atoms with Crippen LogP contribution in [-0.4, -0.2) is 31.1 Å². The van der Waals surface area contributed by atoms with Crippen LogP contribution in [0.4, 0.5) is 4.39 Å². The van der Waals surface area contributed by atoms with E-state index in [1.54, 1.807) is 18.2 Å². The van der Waals surface area contributed by atoms with Gasteiger partial charge < -0.3 is 5.32 Å². The molecular formula is C13H17Cl2FN2. The lowest BCUT2D eigenvalue weighted by molar-refractivity contribution is 0.200. The summed E-state index contributed by atoms with van der Waals surface area (Å²) in [5, 5.41) is 3.70. The predicted molar refractivity (Wildman–Crippen MR) is 76.0 cm³/mol. The number of benzene rings is 1. The van der Waals surface area contributed by atoms with Crippen LogP contribution in [0.3, 0.4) is 0 Å². The molecule has 1 aromatic rings. The minimum absolute atomic E-state index is 0. The second-order valence-corrected chi connectivity index (χ2v) is 4.57. The summed E-state index contributed by atoms with van der Waals surface area (Å²) in [6, 6.07) is 4.75. The van der Waals surface area contributed by atoms with Crippen LogP contribution < -0.4 is 5.32 Å². The van der Waals surface area contributed by atoms with Crippen molar-refractivity contribution in [1.82, 2.24) is 10.2 Å². The SMILES string of the molecule is C=C[C@H](c1ccc(Cl)cc1F)N1CCNCC1.Cl. The topological polar surface area (TPSA) is 15.3 Å². The van der Waals surface area contributed by atoms with Crippen molar-refractivity contribution in [3.63, 3.8) is 0 Å². The lowest BCUT2D eigenvalue weighted by atomic mass is 10.0. The molecule has 100 valence electrons. The van der Waals surface area contributed by atoms with Crippen molar-refractivity contribution < 1.29 is 4.39 Å². The number of piperazine rings is 1. The molecule has 0 aliphatic carbocycles. The quantitative estimate of drug-likeness (QED) is 0.861. The Balaban J connectivity index is 0.00000162. The highest BCUT2D eigenvalue weighted by atomic mass is 35.5. The molecule has 1 saturated heterocycles. The molecule has 0 bridgehead atoms. The highest BCUT2D eigenvalue weighted by Gasteiger charge is 2.21. The van der Waals surface area contributed by atoms with E-state index in [-0.39, 0.29) is 24.3 Å². The van der Waals surface area contributed by atoms with Crippen LogP contribution in [0.2, 0.25) is 5.02 Å². The third-order valence-electron chi connectivity index (χ3n) is 3.05. The molecule has 0 spiro atoms. The average Bonchev–Trinajstić information content (AvgIpc) is 2.34. The molecule has 0 saturated carbocycles. The van der Waals surface area contributed by atoms with Gasteiger partial charge in [-0.2, -0.15) is 0 Å². The molecule has 1 aliphatic rings. The Hall–Kier alpha value is -0.610. The van der Waals surface area contributed by atoms with Gasteiger partial charge in [-0.15, -0.1) is 19.0 Å². The largest absolute Gasteiger partial charge is 0.314 e. The van der Waals surface area contributed by atoms with E-state index in [2.05, 4.69) is 16.8 Å². The summed E-state index contributed by atoms with van der Waals surface area (Å²) in [6.45, 7) is 7.48. The van der Waals surface area contributed by atoms with Gasteiger partial charge >= 0.3 is 0 Å². The molecule has 1 fully saturated rings. The lowest BCUT2D eigenvalue weighted by Crippen LogP contribution is -2.44. The maximum atomic E-state index is 13.9. The van der Waals surface area contributed by atoms with Crippen molar-refractivity contribution in [3.05, 3.63) is 47.3 Å². The Bertz CT molecular complexity index is 406. The van der Waals surface area contributed by atoms with Crippen LogP contribution in [-0.2, 0) is 0 Å². The first-order valence-electron chi connectivity index (χ1n) is 5.74. The smallest absolute Gasteiger partial charge is 0.129 e. The molecule has 1 heterocycles. The monoisotopic (exact) mass is 290 g/mol. The summed E-state index contributed by atoms with van der Waals surface area (Å²) in [5.74, 6) is -0.263. The predicted octanol–water partition coefficient (Wildman–Crippen LogP) is 3.03. The van der Waals surface area contributed by atoms with E-state index in [0.717, 1.165) is 26.2 Å². The van der Waals surface area contributed by atoms with Gasteiger partial charge in [0, 0.05) is 36.8 Å². The fourth-order valence-electron chi connectivity index (χ4n) is 2.17. The van der Waals surface area contributed by atoms with Crippen LogP contribution in [0.5, 0.6) is 0 Å². The van der Waals surface area contributed by atoms with Crippen molar-refractivity contribution in [2.45, 2.75) is 6.04 Å². The third kappa shape index (κ3) is 3.45. The van der Waals surface area contributed by atoms with E-state index < -0.39 is 0 Å². The number of nitrogens with zero attached hydrogens (tertiary/aromatic N) is 1. The van der Waals surface area contributed by atoms with Crippen LogP contribution in [0.15, 0.2) is 30.9 Å². The zero-order chi connectivity index (χ0) is 12.3. The molecule has 1 aromatic carbocycles. The van der Waals surface area contributed by atoms with Gasteiger partial charge in [-0.05, 0) is 12.1 Å². The van der Waals surface area contributed by atoms with Gasteiger partial charge in [0.05, 0.1) is 6.04 Å². The molecule has 18 heavy (non-hydrogen) atoms. The Kier molecular flexibility index (Phi) is 6.09. The second kappa shape index (κ2) is 7.10. The van der Waals surface area contributed by atoms with Crippen molar-refractivity contribution in [1.29, 1.82) is 0 Å². The minimum Gasteiger partial charge on any atom is -0.314 e. The molecular weight excluding hydrogens is 274 g/mol. The van der Waals surface area contributed by atoms with Crippen molar-refractivity contribution in [3.8, 4) is 0 Å². The van der Waals surface area contributed by atoms with Crippen LogP contribution in [0.1, 0.15) is 11.6 Å². The summed E-state index contributed by atoms with van der Waals surface area (Å²) in [4.78, 5) is 2.22. The molecule has 1 aliphatic heterocycles. The number of nitrogens with one attached hydrogen (secondary N) is 1. The van der Waals surface area contributed by atoms with E-state index in [0.29, 0.717) is 10.6 Å². The number of hydrogen-bond donors (Lipinski definition) is 1. The number of hydrogen-bond acceptors (Lipinski definition) is 2. The molecule has 2 nitrogen and oxygen atoms in total. The van der Waals surface area contributed by atoms with Gasteiger partial charge in [0.25, 0.3) is 0 Å². The van der Waals surface area contributed by atoms with Crippen molar-refractivity contribution in [2.24, 2.45) is 0 Å². The van der Waals surface area contributed by atoms with Gasteiger partial charge in [0.15, 0.2) is 0 Å². The Labute approximate surface area is 118 Å². The zero-order valence-electron chi connectivity index (χ0n) is 10.0. The van der Waals surface area contributed by atoms with Crippen molar-refractivity contribution >= 4 is 24.0 Å². The van der Waals surface area contributed by atoms with Gasteiger partial charge in [-0.1, -0.05) is 23.7 Å². The maximum Gasteiger partial charge on any atom is 0.129 e. The van der Waals surface area contributed by atoms with Crippen LogP contribution in [0.25, 0.3) is 0 Å². The molecule has 1 atom stereocenters. The molecule has 0 unspecified atom stereocenters. The fraction of sp³-hybridized carbons (Fsp3) is 0.385. The summed E-state index contributed by atoms with van der Waals surface area (Å²) in [7, 11) is 0. The van der Waals surface area contributed by atoms with Crippen molar-refractivity contribution in [2.75, 3.05) is 26.2 Å². The Morgan fingerprint density at radius 2 is 2.06 bits per heavy atom. The zero-order valence-corrected chi connectivity index (χ0v) is 11.6. The minimum atomic E-state index is -0.263. The van der Waals surface area contributed by atoms with E-state index in [4.69, 9.17) is 11.6 Å². The lowest BCUT2D eigenvalue weighted by Gasteiger charge is -2.33. The summed E-state index contributed by atoms with van der Waals surface area (Å²) in [5.41, 5.74) is 0.645. The molecule has 1 N–H and O–H groups in total. The highest BCUT2D eigenvalue weighted by molar-refractivity contribution is 6.30. The van der Waals surface area contributed by atoms with E-state index in [1.807, 2.05) is 0 Å². The molecule has 0 amide bonds. The molecule has 5 heteroatoms. The van der Waals surface area contributed by atoms with Crippen LogP contribution >= 0.6 is 24.0 Å². The normalized spacial score (nSPS) is 17.9. The van der Waals surface area contributed by atoms with Gasteiger partial charge in [0.1, 0.15) is 5.82 Å². The summed E-state index contributed by atoms with van der Waals surface area (Å²) < 4.78 is 13.9. The summed E-state index contributed by atoms with van der Waals surface area (Å²) in [6.07, 6.45) is 1.79. The standard InChI is InChI=1S/C13H16ClFN2.ClH/c1-2-13(17-7-5-16-6-8-17)11-4-3-10(14)9-12(11)15;/h2-4,9,13,16H,1,5-8H2;1H/t13-;/m1./s1. The van der Waals surface area contributed by atoms with Gasteiger partial charge in [-0.25, -0.2) is 4.39 Å². The molecule has 0 aromatic heterocycles. The third-order valence-corrected chi connectivity index (χ3v) is 3.28. The van der Waals surface area contributed by atoms with Gasteiger partial charge in [0.2, 0.25) is 0 Å². The van der Waals surface area contributed by atoms with Gasteiger partial charge in [-0.3, -0.25) is 4.90 Å². The van der Waals surface area contributed by atoms with E-state index in [1.165, 1.54) is 6.07 Å². The van der Waals surface area contributed by atoms with E-state index in [9.17, 15) is 4.39 Å². The summed E-state index contributed by atoms with van der Waals surface area (Å²) >= 11 is 5.76. The number of rotatable bonds is 3. The Morgan fingerprint density at radius 3 is 2.61 bits per heavy atom. The maximum absolute atomic E-state index is 13.9. The second-order valence-electron chi connectivity index (χ2n) is 4.13. The first-order chi connectivity index (χ1) is 8.22. The average molecular weight is 291 g/mol. The number of halogens is 3. The molecule has 2 rings (SSSR count). The van der Waals surface area contributed by atoms with Crippen LogP contribution in [0, 0.1) is 5.82 Å². The Morgan fingerprint density at radius 1 is 1.39 bits per heavy atom. The first kappa shape index (κ1) is 15.4. The highest BCUT2D eigenvalue weighted by Crippen LogP contribution is 2.26. The molecule has 0 radical (unpaired) electrons.